The number of amides is 2. The molecular formula is C15H20ClN3O6S. The fourth-order valence-corrected chi connectivity index (χ4v) is 2.74. The van der Waals surface area contributed by atoms with Crippen LogP contribution in [0.5, 0.6) is 0 Å². The second kappa shape index (κ2) is 10.1. The predicted octanol–water partition coefficient (Wildman–Crippen LogP) is -0.244. The number of carbonyl (C=O) groups is 3. The highest BCUT2D eigenvalue weighted by Crippen LogP contribution is 2.13. The summed E-state index contributed by atoms with van der Waals surface area (Å²) in [5.41, 5.74) is 0. The van der Waals surface area contributed by atoms with Gasteiger partial charge < -0.3 is 15.0 Å². The molecule has 144 valence electrons. The van der Waals surface area contributed by atoms with Crippen LogP contribution < -0.4 is 10.0 Å². The van der Waals surface area contributed by atoms with E-state index in [9.17, 15) is 22.8 Å². The third kappa shape index (κ3) is 7.81. The van der Waals surface area contributed by atoms with E-state index < -0.39 is 28.5 Å². The normalized spacial score (nSPS) is 10.9. The molecule has 1 aromatic carbocycles. The molecule has 0 bridgehead atoms. The number of rotatable bonds is 9. The zero-order valence-electron chi connectivity index (χ0n) is 14.3. The molecule has 0 aliphatic heterocycles. The molecule has 26 heavy (non-hydrogen) atoms. The Labute approximate surface area is 156 Å². The van der Waals surface area contributed by atoms with Gasteiger partial charge in [-0.1, -0.05) is 11.6 Å². The molecule has 0 aromatic heterocycles. The van der Waals surface area contributed by atoms with Crippen molar-refractivity contribution in [3.8, 4) is 0 Å². The first-order chi connectivity index (χ1) is 12.1. The average molecular weight is 406 g/mol. The molecule has 0 saturated carbocycles. The Bertz CT molecular complexity index is 749. The zero-order chi connectivity index (χ0) is 19.7. The number of sulfonamides is 1. The molecule has 0 fully saturated rings. The van der Waals surface area contributed by atoms with Crippen LogP contribution in [-0.4, -0.2) is 64.9 Å². The largest absolute Gasteiger partial charge is 0.456 e. The first kappa shape index (κ1) is 21.9. The summed E-state index contributed by atoms with van der Waals surface area (Å²) in [7, 11) is -0.686. The smallest absolute Gasteiger partial charge is 0.307 e. The van der Waals surface area contributed by atoms with E-state index in [-0.39, 0.29) is 30.3 Å². The Kier molecular flexibility index (Phi) is 8.49. The molecule has 0 heterocycles. The molecule has 0 aliphatic rings. The Balaban J connectivity index is 2.31. The van der Waals surface area contributed by atoms with Crippen LogP contribution in [0.4, 0.5) is 0 Å². The average Bonchev–Trinajstić information content (AvgIpc) is 2.57. The van der Waals surface area contributed by atoms with Gasteiger partial charge in [-0.15, -0.1) is 0 Å². The van der Waals surface area contributed by atoms with Gasteiger partial charge >= 0.3 is 5.97 Å². The third-order valence-corrected chi connectivity index (χ3v) is 4.77. The number of hydrogen-bond acceptors (Lipinski definition) is 6. The van der Waals surface area contributed by atoms with Crippen molar-refractivity contribution in [3.05, 3.63) is 29.3 Å². The number of carbonyl (C=O) groups excluding carboxylic acids is 3. The molecule has 9 nitrogen and oxygen atoms in total. The van der Waals surface area contributed by atoms with Crippen LogP contribution >= 0.6 is 11.6 Å². The molecule has 0 radical (unpaired) electrons. The van der Waals surface area contributed by atoms with Gasteiger partial charge in [0.15, 0.2) is 6.61 Å². The molecule has 0 saturated heterocycles. The van der Waals surface area contributed by atoms with Gasteiger partial charge in [-0.05, 0) is 24.3 Å². The SMILES string of the molecule is CN(C)C(=O)CNC(=O)COC(=O)CCNS(=O)(=O)c1ccc(Cl)cc1. The second-order valence-electron chi connectivity index (χ2n) is 5.33. The minimum atomic E-state index is -3.77. The summed E-state index contributed by atoms with van der Waals surface area (Å²) in [5, 5.41) is 2.70. The summed E-state index contributed by atoms with van der Waals surface area (Å²) in [6, 6.07) is 5.54. The summed E-state index contributed by atoms with van der Waals surface area (Å²) >= 11 is 5.69. The number of nitrogens with one attached hydrogen (secondary N) is 2. The molecule has 2 N–H and O–H groups in total. The minimum Gasteiger partial charge on any atom is -0.456 e. The van der Waals surface area contributed by atoms with Crippen molar-refractivity contribution in [2.75, 3.05) is 33.8 Å². The maximum Gasteiger partial charge on any atom is 0.307 e. The Morgan fingerprint density at radius 2 is 1.77 bits per heavy atom. The first-order valence-corrected chi connectivity index (χ1v) is 9.35. The number of hydrogen-bond donors (Lipinski definition) is 2. The third-order valence-electron chi connectivity index (χ3n) is 3.04. The molecule has 0 spiro atoms. The van der Waals surface area contributed by atoms with Crippen molar-refractivity contribution in [2.24, 2.45) is 0 Å². The van der Waals surface area contributed by atoms with Crippen molar-refractivity contribution in [2.45, 2.75) is 11.3 Å². The minimum absolute atomic E-state index is 0.0141. The van der Waals surface area contributed by atoms with E-state index in [1.54, 1.807) is 14.1 Å². The maximum absolute atomic E-state index is 12.0. The van der Waals surface area contributed by atoms with E-state index in [4.69, 9.17) is 16.3 Å². The molecular weight excluding hydrogens is 386 g/mol. The number of esters is 1. The summed E-state index contributed by atoms with van der Waals surface area (Å²) in [6.45, 7) is -0.946. The predicted molar refractivity (Wildman–Crippen MR) is 93.9 cm³/mol. The van der Waals surface area contributed by atoms with Gasteiger partial charge in [0.05, 0.1) is 17.9 Å². The summed E-state index contributed by atoms with van der Waals surface area (Å²) < 4.78 is 30.9. The quantitative estimate of drug-likeness (QED) is 0.546. The van der Waals surface area contributed by atoms with Crippen LogP contribution in [0.3, 0.4) is 0 Å². The number of ether oxygens (including phenoxy) is 1. The van der Waals surface area contributed by atoms with E-state index in [1.165, 1.54) is 29.2 Å². The van der Waals surface area contributed by atoms with Gasteiger partial charge in [0.2, 0.25) is 15.9 Å². The van der Waals surface area contributed by atoms with Crippen LogP contribution in [-0.2, 0) is 29.1 Å². The van der Waals surface area contributed by atoms with Crippen LogP contribution in [0.25, 0.3) is 0 Å². The summed E-state index contributed by atoms with van der Waals surface area (Å²) in [4.78, 5) is 35.6. The van der Waals surface area contributed by atoms with Crippen LogP contribution in [0, 0.1) is 0 Å². The molecule has 1 rings (SSSR count). The van der Waals surface area contributed by atoms with Gasteiger partial charge in [0, 0.05) is 25.7 Å². The second-order valence-corrected chi connectivity index (χ2v) is 7.53. The zero-order valence-corrected chi connectivity index (χ0v) is 15.9. The highest BCUT2D eigenvalue weighted by molar-refractivity contribution is 7.89. The fraction of sp³-hybridized carbons (Fsp3) is 0.400. The number of benzene rings is 1. The first-order valence-electron chi connectivity index (χ1n) is 7.49. The van der Waals surface area contributed by atoms with Crippen LogP contribution in [0.2, 0.25) is 5.02 Å². The number of likely N-dealkylation sites (N-methyl/N-ethyl adjacent to an activating group) is 1. The topological polar surface area (TPSA) is 122 Å². The molecule has 0 unspecified atom stereocenters. The van der Waals surface area contributed by atoms with Crippen molar-refractivity contribution >= 4 is 39.4 Å². The summed E-state index contributed by atoms with van der Waals surface area (Å²) in [5.74, 6) is -1.69. The van der Waals surface area contributed by atoms with Gasteiger partial charge in [0.1, 0.15) is 0 Å². The lowest BCUT2D eigenvalue weighted by Crippen LogP contribution is -2.38. The highest BCUT2D eigenvalue weighted by Gasteiger charge is 2.15. The van der Waals surface area contributed by atoms with Crippen molar-refractivity contribution in [1.29, 1.82) is 0 Å². The van der Waals surface area contributed by atoms with Crippen LogP contribution in [0.1, 0.15) is 6.42 Å². The van der Waals surface area contributed by atoms with E-state index in [0.717, 1.165) is 0 Å². The number of halogens is 1. The molecule has 2 amide bonds. The van der Waals surface area contributed by atoms with E-state index in [1.807, 2.05) is 0 Å². The maximum atomic E-state index is 12.0. The Hall–Kier alpha value is -2.17. The Morgan fingerprint density at radius 1 is 1.15 bits per heavy atom. The summed E-state index contributed by atoms with van der Waals surface area (Å²) in [6.07, 6.45) is -0.253. The standard InChI is InChI=1S/C15H20ClN3O6S/c1-19(2)14(21)9-17-13(20)10-25-15(22)7-8-18-26(23,24)12-5-3-11(16)4-6-12/h3-6,18H,7-10H2,1-2H3,(H,17,20). The Morgan fingerprint density at radius 3 is 2.35 bits per heavy atom. The van der Waals surface area contributed by atoms with Crippen molar-refractivity contribution in [3.63, 3.8) is 0 Å². The van der Waals surface area contributed by atoms with Gasteiger partial charge in [-0.2, -0.15) is 0 Å². The van der Waals surface area contributed by atoms with E-state index >= 15 is 0 Å². The van der Waals surface area contributed by atoms with Crippen molar-refractivity contribution in [1.82, 2.24) is 14.9 Å². The highest BCUT2D eigenvalue weighted by atomic mass is 35.5. The fourth-order valence-electron chi connectivity index (χ4n) is 1.59. The molecule has 0 aliphatic carbocycles. The lowest BCUT2D eigenvalue weighted by Gasteiger charge is -2.11. The van der Waals surface area contributed by atoms with Crippen LogP contribution in [0.15, 0.2) is 29.2 Å². The van der Waals surface area contributed by atoms with Crippen molar-refractivity contribution < 1.29 is 27.5 Å². The molecule has 1 aromatic rings. The monoisotopic (exact) mass is 405 g/mol. The van der Waals surface area contributed by atoms with Gasteiger partial charge in [-0.25, -0.2) is 13.1 Å². The van der Waals surface area contributed by atoms with E-state index in [0.29, 0.717) is 5.02 Å². The number of nitrogens with zero attached hydrogens (tertiary/aromatic N) is 1. The molecule has 11 heteroatoms. The van der Waals surface area contributed by atoms with Gasteiger partial charge in [0.25, 0.3) is 5.91 Å². The van der Waals surface area contributed by atoms with E-state index in [2.05, 4.69) is 10.0 Å². The lowest BCUT2D eigenvalue weighted by molar-refractivity contribution is -0.148. The lowest BCUT2D eigenvalue weighted by atomic mass is 10.4. The van der Waals surface area contributed by atoms with Gasteiger partial charge in [-0.3, -0.25) is 14.4 Å². The molecule has 0 atom stereocenters.